The minimum atomic E-state index is -0.0877. The average Bonchev–Trinajstić information content (AvgIpc) is 3.35. The van der Waals surface area contributed by atoms with Crippen molar-refractivity contribution in [3.05, 3.63) is 64.0 Å². The molecule has 3 aliphatic heterocycles. The van der Waals surface area contributed by atoms with Gasteiger partial charge in [0, 0.05) is 49.3 Å². The van der Waals surface area contributed by atoms with E-state index < -0.39 is 0 Å². The molecule has 0 amide bonds. The highest BCUT2D eigenvalue weighted by Gasteiger charge is 2.45. The van der Waals surface area contributed by atoms with Gasteiger partial charge in [0.1, 0.15) is 17.5 Å². The number of pyridine rings is 1. The molecule has 0 bridgehead atoms. The summed E-state index contributed by atoms with van der Waals surface area (Å²) >= 11 is 0. The molecular weight excluding hydrogens is 378 g/mol. The van der Waals surface area contributed by atoms with Crippen LogP contribution in [0.25, 0.3) is 5.65 Å². The zero-order chi connectivity index (χ0) is 20.5. The van der Waals surface area contributed by atoms with Crippen LogP contribution in [0.4, 0.5) is 5.69 Å². The molecule has 1 aliphatic carbocycles. The van der Waals surface area contributed by atoms with Crippen molar-refractivity contribution in [1.29, 1.82) is 0 Å². The van der Waals surface area contributed by atoms with Crippen LogP contribution in [0.2, 0.25) is 0 Å². The van der Waals surface area contributed by atoms with Crippen LogP contribution < -0.4 is 21.1 Å². The Balaban J connectivity index is 1.36. The van der Waals surface area contributed by atoms with Gasteiger partial charge in [-0.25, -0.2) is 9.99 Å². The van der Waals surface area contributed by atoms with Gasteiger partial charge in [0.2, 0.25) is 0 Å². The molecule has 154 valence electrons. The molecule has 1 saturated carbocycles. The summed E-state index contributed by atoms with van der Waals surface area (Å²) in [6.07, 6.45) is 8.42. The molecule has 2 fully saturated rings. The topological polar surface area (TPSA) is 77.3 Å². The second kappa shape index (κ2) is 6.18. The van der Waals surface area contributed by atoms with Crippen molar-refractivity contribution in [2.45, 2.75) is 38.4 Å². The maximum absolute atomic E-state index is 13.0. The Bertz CT molecular complexity index is 1200. The molecule has 2 aromatic rings. The summed E-state index contributed by atoms with van der Waals surface area (Å²) in [5, 5.41) is 13.6. The largest absolute Gasteiger partial charge is 0.367 e. The van der Waals surface area contributed by atoms with Crippen molar-refractivity contribution in [2.75, 3.05) is 24.5 Å². The summed E-state index contributed by atoms with van der Waals surface area (Å²) < 4.78 is 1.64. The Kier molecular flexibility index (Phi) is 3.65. The number of piperazine rings is 1. The van der Waals surface area contributed by atoms with Crippen LogP contribution in [0.1, 0.15) is 32.4 Å². The summed E-state index contributed by atoms with van der Waals surface area (Å²) in [6, 6.07) is 5.59. The lowest BCUT2D eigenvalue weighted by molar-refractivity contribution is 0.323. The maximum atomic E-state index is 13.0. The molecule has 1 atom stereocenters. The highest BCUT2D eigenvalue weighted by molar-refractivity contribution is 6.08. The lowest BCUT2D eigenvalue weighted by Crippen LogP contribution is -2.52. The van der Waals surface area contributed by atoms with Gasteiger partial charge in [-0.3, -0.25) is 9.20 Å². The zero-order valence-corrected chi connectivity index (χ0v) is 17.2. The first-order valence-electron chi connectivity index (χ1n) is 10.5. The quantitative estimate of drug-likeness (QED) is 0.789. The SMILES string of the molecule is CC1=CN2N=C(c3cc(=O)n4cc(N5CCNC6(CC6)C5)ccc4n3)C=C(C)C2N1. The number of rotatable bonds is 2. The molecule has 2 N–H and O–H groups in total. The number of allylic oxidation sites excluding steroid dienone is 2. The smallest absolute Gasteiger partial charge is 0.258 e. The molecule has 8 nitrogen and oxygen atoms in total. The van der Waals surface area contributed by atoms with Crippen LogP contribution in [0.5, 0.6) is 0 Å². The Labute approximate surface area is 174 Å². The van der Waals surface area contributed by atoms with Gasteiger partial charge < -0.3 is 15.5 Å². The Morgan fingerprint density at radius 2 is 2.10 bits per heavy atom. The predicted octanol–water partition coefficient (Wildman–Crippen LogP) is 1.39. The molecule has 6 rings (SSSR count). The van der Waals surface area contributed by atoms with Gasteiger partial charge >= 0.3 is 0 Å². The first-order valence-corrected chi connectivity index (χ1v) is 10.5. The van der Waals surface area contributed by atoms with E-state index in [-0.39, 0.29) is 11.7 Å². The second-order valence-corrected chi connectivity index (χ2v) is 8.84. The maximum Gasteiger partial charge on any atom is 0.258 e. The zero-order valence-electron chi connectivity index (χ0n) is 17.2. The first kappa shape index (κ1) is 17.7. The highest BCUT2D eigenvalue weighted by Crippen LogP contribution is 2.38. The Morgan fingerprint density at radius 3 is 2.93 bits per heavy atom. The molecule has 0 aromatic carbocycles. The third-order valence-electron chi connectivity index (χ3n) is 6.47. The van der Waals surface area contributed by atoms with Crippen molar-refractivity contribution >= 4 is 17.0 Å². The lowest BCUT2D eigenvalue weighted by Gasteiger charge is -2.35. The molecule has 5 heterocycles. The highest BCUT2D eigenvalue weighted by atomic mass is 16.1. The summed E-state index contributed by atoms with van der Waals surface area (Å²) in [5.41, 5.74) is 5.43. The minimum Gasteiger partial charge on any atom is -0.367 e. The van der Waals surface area contributed by atoms with E-state index in [1.807, 2.05) is 36.5 Å². The summed E-state index contributed by atoms with van der Waals surface area (Å²) in [6.45, 7) is 7.01. The van der Waals surface area contributed by atoms with E-state index in [0.717, 1.165) is 36.6 Å². The van der Waals surface area contributed by atoms with Crippen LogP contribution in [0, 0.1) is 0 Å². The van der Waals surface area contributed by atoms with Gasteiger partial charge in [-0.2, -0.15) is 5.10 Å². The standard InChI is InChI=1S/C22H25N7O/c1-14-9-18(26-29-11-15(2)24-21(14)29)17-10-20(30)28-12-16(3-4-19(28)25-17)27-8-7-23-22(13-27)5-6-22/h3-4,9-12,21,23-24H,5-8,13H2,1-2H3. The number of anilines is 1. The van der Waals surface area contributed by atoms with Gasteiger partial charge in [-0.15, -0.1) is 0 Å². The molecular formula is C22H25N7O. The fraction of sp³-hybridized carbons (Fsp3) is 0.409. The van der Waals surface area contributed by atoms with Gasteiger partial charge in [0.05, 0.1) is 11.4 Å². The van der Waals surface area contributed by atoms with Crippen LogP contribution in [-0.4, -0.2) is 51.4 Å². The van der Waals surface area contributed by atoms with E-state index in [4.69, 9.17) is 4.98 Å². The van der Waals surface area contributed by atoms with E-state index in [2.05, 4.69) is 33.6 Å². The third kappa shape index (κ3) is 2.82. The third-order valence-corrected chi connectivity index (χ3v) is 6.47. The van der Waals surface area contributed by atoms with Gasteiger partial charge in [0.15, 0.2) is 0 Å². The number of nitrogens with zero attached hydrogens (tertiary/aromatic N) is 5. The van der Waals surface area contributed by atoms with E-state index in [1.165, 1.54) is 12.8 Å². The summed E-state index contributed by atoms with van der Waals surface area (Å²) in [4.78, 5) is 20.1. The van der Waals surface area contributed by atoms with Gasteiger partial charge in [-0.1, -0.05) is 0 Å². The van der Waals surface area contributed by atoms with E-state index in [9.17, 15) is 4.79 Å². The molecule has 8 heteroatoms. The van der Waals surface area contributed by atoms with Crippen molar-refractivity contribution in [2.24, 2.45) is 5.10 Å². The van der Waals surface area contributed by atoms with Crippen LogP contribution in [0.3, 0.4) is 0 Å². The summed E-state index contributed by atoms with van der Waals surface area (Å²) in [5.74, 6) is 0. The molecule has 4 aliphatic rings. The van der Waals surface area contributed by atoms with E-state index >= 15 is 0 Å². The normalized spacial score (nSPS) is 24.3. The predicted molar refractivity (Wildman–Crippen MR) is 116 cm³/mol. The van der Waals surface area contributed by atoms with Crippen molar-refractivity contribution < 1.29 is 0 Å². The number of aromatic nitrogens is 2. The fourth-order valence-corrected chi connectivity index (χ4v) is 4.65. The number of hydrogen-bond acceptors (Lipinski definition) is 7. The average molecular weight is 403 g/mol. The summed E-state index contributed by atoms with van der Waals surface area (Å²) in [7, 11) is 0. The second-order valence-electron chi connectivity index (χ2n) is 8.84. The van der Waals surface area contributed by atoms with Crippen LogP contribution >= 0.6 is 0 Å². The number of fused-ring (bicyclic) bond motifs is 2. The molecule has 2 aromatic heterocycles. The minimum absolute atomic E-state index is 0.0478. The van der Waals surface area contributed by atoms with Crippen LogP contribution in [-0.2, 0) is 0 Å². The van der Waals surface area contributed by atoms with Gasteiger partial charge in [-0.05, 0) is 50.5 Å². The molecule has 1 saturated heterocycles. The molecule has 1 spiro atoms. The monoisotopic (exact) mass is 403 g/mol. The molecule has 0 radical (unpaired) electrons. The van der Waals surface area contributed by atoms with Crippen molar-refractivity contribution in [3.8, 4) is 0 Å². The van der Waals surface area contributed by atoms with Crippen LogP contribution in [0.15, 0.2) is 57.8 Å². The fourth-order valence-electron chi connectivity index (χ4n) is 4.65. The van der Waals surface area contributed by atoms with E-state index in [0.29, 0.717) is 22.6 Å². The molecule has 30 heavy (non-hydrogen) atoms. The first-order chi connectivity index (χ1) is 14.5. The van der Waals surface area contributed by atoms with Crippen molar-refractivity contribution in [1.82, 2.24) is 25.0 Å². The van der Waals surface area contributed by atoms with Crippen molar-refractivity contribution in [3.63, 3.8) is 0 Å². The van der Waals surface area contributed by atoms with E-state index in [1.54, 1.807) is 10.5 Å². The number of hydrazone groups is 1. The lowest BCUT2D eigenvalue weighted by atomic mass is 10.1. The van der Waals surface area contributed by atoms with Gasteiger partial charge in [0.25, 0.3) is 5.56 Å². The Morgan fingerprint density at radius 1 is 1.23 bits per heavy atom. The Hall–Kier alpha value is -3.13. The molecule has 1 unspecified atom stereocenters. The number of nitrogens with one attached hydrogen (secondary N) is 2. The number of hydrogen-bond donors (Lipinski definition) is 2.